The second kappa shape index (κ2) is 3.36. The highest BCUT2D eigenvalue weighted by atomic mass is 16.5. The molecule has 0 saturated heterocycles. The van der Waals surface area contributed by atoms with Crippen molar-refractivity contribution < 1.29 is 14.6 Å². The number of esters is 1. The van der Waals surface area contributed by atoms with Gasteiger partial charge < -0.3 is 9.84 Å². The van der Waals surface area contributed by atoms with E-state index in [-0.39, 0.29) is 0 Å². The van der Waals surface area contributed by atoms with E-state index in [1.54, 1.807) is 13.1 Å². The van der Waals surface area contributed by atoms with Crippen LogP contribution in [0, 0.1) is 0 Å². The van der Waals surface area contributed by atoms with Crippen LogP contribution in [0.1, 0.15) is 11.8 Å². The number of aliphatic hydroxyl groups is 1. The molecule has 1 aromatic heterocycles. The Labute approximate surface area is 69.6 Å². The van der Waals surface area contributed by atoms with Crippen molar-refractivity contribution in [1.29, 1.82) is 0 Å². The van der Waals surface area contributed by atoms with E-state index in [0.29, 0.717) is 5.69 Å². The highest BCUT2D eigenvalue weighted by molar-refractivity contribution is 5.75. The summed E-state index contributed by atoms with van der Waals surface area (Å²) in [4.78, 5) is 10.8. The standard InChI is InChI=1S/C7H10N2O3/c1-9-5(3-4-8-9)6(10)7(11)12-2/h3-4,6,10H,1-2H3. The summed E-state index contributed by atoms with van der Waals surface area (Å²) in [5, 5.41) is 13.1. The topological polar surface area (TPSA) is 64.3 Å². The van der Waals surface area contributed by atoms with Crippen LogP contribution >= 0.6 is 0 Å². The van der Waals surface area contributed by atoms with E-state index >= 15 is 0 Å². The molecular formula is C7H10N2O3. The van der Waals surface area contributed by atoms with Gasteiger partial charge in [-0.05, 0) is 6.07 Å². The number of hydrogen-bond donors (Lipinski definition) is 1. The summed E-state index contributed by atoms with van der Waals surface area (Å²) in [6, 6.07) is 1.56. The summed E-state index contributed by atoms with van der Waals surface area (Å²) >= 11 is 0. The Hall–Kier alpha value is -1.36. The number of aliphatic hydroxyl groups excluding tert-OH is 1. The summed E-state index contributed by atoms with van der Waals surface area (Å²) in [5.41, 5.74) is 0.418. The minimum Gasteiger partial charge on any atom is -0.467 e. The molecule has 12 heavy (non-hydrogen) atoms. The Morgan fingerprint density at radius 2 is 2.50 bits per heavy atom. The van der Waals surface area contributed by atoms with Crippen LogP contribution < -0.4 is 0 Å². The van der Waals surface area contributed by atoms with Gasteiger partial charge in [-0.1, -0.05) is 0 Å². The summed E-state index contributed by atoms with van der Waals surface area (Å²) in [5.74, 6) is -0.682. The first kappa shape index (κ1) is 8.73. The van der Waals surface area contributed by atoms with Crippen LogP contribution in [-0.4, -0.2) is 28.0 Å². The van der Waals surface area contributed by atoms with E-state index in [0.717, 1.165) is 0 Å². The molecule has 66 valence electrons. The molecule has 0 radical (unpaired) electrons. The maximum Gasteiger partial charge on any atom is 0.341 e. The molecule has 0 aliphatic carbocycles. The number of methoxy groups -OCH3 is 1. The highest BCUT2D eigenvalue weighted by Gasteiger charge is 2.20. The third-order valence-corrected chi connectivity index (χ3v) is 1.56. The average molecular weight is 170 g/mol. The van der Waals surface area contributed by atoms with Crippen molar-refractivity contribution >= 4 is 5.97 Å². The lowest BCUT2D eigenvalue weighted by Crippen LogP contribution is -2.16. The van der Waals surface area contributed by atoms with Gasteiger partial charge in [0, 0.05) is 13.2 Å². The van der Waals surface area contributed by atoms with E-state index in [4.69, 9.17) is 0 Å². The van der Waals surface area contributed by atoms with Crippen molar-refractivity contribution in [1.82, 2.24) is 9.78 Å². The molecule has 5 heteroatoms. The number of hydrogen-bond acceptors (Lipinski definition) is 4. The van der Waals surface area contributed by atoms with Crippen LogP contribution in [0.4, 0.5) is 0 Å². The molecule has 0 fully saturated rings. The molecule has 1 unspecified atom stereocenters. The van der Waals surface area contributed by atoms with Gasteiger partial charge in [-0.3, -0.25) is 4.68 Å². The fraction of sp³-hybridized carbons (Fsp3) is 0.429. The SMILES string of the molecule is COC(=O)C(O)c1ccnn1C. The number of nitrogens with zero attached hydrogens (tertiary/aromatic N) is 2. The molecule has 0 spiro atoms. The Balaban J connectivity index is 2.84. The van der Waals surface area contributed by atoms with Crippen LogP contribution in [-0.2, 0) is 16.6 Å². The summed E-state index contributed by atoms with van der Waals surface area (Å²) in [6.45, 7) is 0. The molecule has 0 aliphatic heterocycles. The fourth-order valence-electron chi connectivity index (χ4n) is 0.885. The molecule has 0 amide bonds. The zero-order chi connectivity index (χ0) is 9.14. The lowest BCUT2D eigenvalue weighted by molar-refractivity contribution is -0.151. The number of rotatable bonds is 2. The Kier molecular flexibility index (Phi) is 2.44. The predicted octanol–water partition coefficient (Wildman–Crippen LogP) is -0.374. The van der Waals surface area contributed by atoms with E-state index < -0.39 is 12.1 Å². The van der Waals surface area contributed by atoms with Gasteiger partial charge in [0.1, 0.15) is 0 Å². The van der Waals surface area contributed by atoms with E-state index in [1.807, 2.05) is 0 Å². The first-order valence-corrected chi connectivity index (χ1v) is 3.40. The van der Waals surface area contributed by atoms with Crippen LogP contribution in [0.15, 0.2) is 12.3 Å². The van der Waals surface area contributed by atoms with Crippen LogP contribution in [0.3, 0.4) is 0 Å². The van der Waals surface area contributed by atoms with Crippen LogP contribution in [0.2, 0.25) is 0 Å². The molecule has 1 rings (SSSR count). The number of ether oxygens (including phenoxy) is 1. The summed E-state index contributed by atoms with van der Waals surface area (Å²) in [7, 11) is 2.86. The molecule has 1 aromatic rings. The van der Waals surface area contributed by atoms with Gasteiger partial charge >= 0.3 is 5.97 Å². The average Bonchev–Trinajstić information content (AvgIpc) is 2.48. The maximum absolute atomic E-state index is 10.8. The van der Waals surface area contributed by atoms with Crippen molar-refractivity contribution in [3.63, 3.8) is 0 Å². The number of aryl methyl sites for hydroxylation is 1. The first-order valence-electron chi connectivity index (χ1n) is 3.40. The zero-order valence-electron chi connectivity index (χ0n) is 6.89. The van der Waals surface area contributed by atoms with E-state index in [2.05, 4.69) is 9.84 Å². The van der Waals surface area contributed by atoms with Gasteiger partial charge in [-0.15, -0.1) is 0 Å². The smallest absolute Gasteiger partial charge is 0.341 e. The van der Waals surface area contributed by atoms with Crippen molar-refractivity contribution in [2.24, 2.45) is 7.05 Å². The first-order chi connectivity index (χ1) is 5.66. The molecule has 0 aromatic carbocycles. The van der Waals surface area contributed by atoms with E-state index in [1.165, 1.54) is 18.0 Å². The van der Waals surface area contributed by atoms with Gasteiger partial charge in [0.2, 0.25) is 0 Å². The quantitative estimate of drug-likeness (QED) is 0.615. The lowest BCUT2D eigenvalue weighted by atomic mass is 10.2. The van der Waals surface area contributed by atoms with Crippen molar-refractivity contribution in [3.05, 3.63) is 18.0 Å². The second-order valence-electron chi connectivity index (χ2n) is 2.31. The molecular weight excluding hydrogens is 160 g/mol. The van der Waals surface area contributed by atoms with Crippen LogP contribution in [0.25, 0.3) is 0 Å². The third kappa shape index (κ3) is 1.45. The molecule has 1 heterocycles. The van der Waals surface area contributed by atoms with E-state index in [9.17, 15) is 9.90 Å². The zero-order valence-corrected chi connectivity index (χ0v) is 6.89. The number of carbonyl (C=O) groups is 1. The lowest BCUT2D eigenvalue weighted by Gasteiger charge is -2.07. The molecule has 0 aliphatic rings. The van der Waals surface area contributed by atoms with Crippen LogP contribution in [0.5, 0.6) is 0 Å². The van der Waals surface area contributed by atoms with Gasteiger partial charge in [0.25, 0.3) is 0 Å². The third-order valence-electron chi connectivity index (χ3n) is 1.56. The van der Waals surface area contributed by atoms with Crippen molar-refractivity contribution in [2.75, 3.05) is 7.11 Å². The van der Waals surface area contributed by atoms with Gasteiger partial charge in [-0.2, -0.15) is 5.10 Å². The predicted molar refractivity (Wildman–Crippen MR) is 40.2 cm³/mol. The minimum atomic E-state index is -1.25. The molecule has 0 saturated carbocycles. The Morgan fingerprint density at radius 3 is 2.92 bits per heavy atom. The minimum absolute atomic E-state index is 0.418. The largest absolute Gasteiger partial charge is 0.467 e. The number of carbonyl (C=O) groups excluding carboxylic acids is 1. The Bertz CT molecular complexity index is 282. The molecule has 5 nitrogen and oxygen atoms in total. The monoisotopic (exact) mass is 170 g/mol. The maximum atomic E-state index is 10.8. The van der Waals surface area contributed by atoms with Gasteiger partial charge in [0.05, 0.1) is 12.8 Å². The summed E-state index contributed by atoms with van der Waals surface area (Å²) < 4.78 is 5.78. The van der Waals surface area contributed by atoms with Crippen molar-refractivity contribution in [2.45, 2.75) is 6.10 Å². The Morgan fingerprint density at radius 1 is 1.83 bits per heavy atom. The normalized spacial score (nSPS) is 12.6. The molecule has 1 N–H and O–H groups in total. The number of aromatic nitrogens is 2. The molecule has 1 atom stereocenters. The summed E-state index contributed by atoms with van der Waals surface area (Å²) in [6.07, 6.45) is 0.254. The molecule has 0 bridgehead atoms. The van der Waals surface area contributed by atoms with Gasteiger partial charge in [0.15, 0.2) is 6.10 Å². The highest BCUT2D eigenvalue weighted by Crippen LogP contribution is 2.11. The second-order valence-corrected chi connectivity index (χ2v) is 2.31. The fourth-order valence-corrected chi connectivity index (χ4v) is 0.885. The van der Waals surface area contributed by atoms with Crippen molar-refractivity contribution in [3.8, 4) is 0 Å². The van der Waals surface area contributed by atoms with Gasteiger partial charge in [-0.25, -0.2) is 4.79 Å².